The SMILES string of the molecule is c1ccc(-c2ccc3ccc4ccc(-c5cccc(-c6ccc(-c7ccc(-c8ncccn8)c8ccccc78)cc6)c5)nc4c3n2)cc1. The second kappa shape index (κ2) is 11.7. The van der Waals surface area contributed by atoms with E-state index in [1.54, 1.807) is 12.4 Å². The van der Waals surface area contributed by atoms with Gasteiger partial charge in [-0.3, -0.25) is 0 Å². The van der Waals surface area contributed by atoms with E-state index in [0.717, 1.165) is 77.8 Å². The minimum atomic E-state index is 0.734. The molecule has 0 atom stereocenters. The summed E-state index contributed by atoms with van der Waals surface area (Å²) in [4.78, 5) is 19.3. The Kier molecular flexibility index (Phi) is 6.76. The zero-order chi connectivity index (χ0) is 31.9. The summed E-state index contributed by atoms with van der Waals surface area (Å²) in [5.74, 6) is 0.734. The van der Waals surface area contributed by atoms with Gasteiger partial charge in [0.05, 0.1) is 22.4 Å². The minimum absolute atomic E-state index is 0.734. The molecule has 0 unspecified atom stereocenters. The van der Waals surface area contributed by atoms with Crippen molar-refractivity contribution in [3.05, 3.63) is 170 Å². The van der Waals surface area contributed by atoms with Gasteiger partial charge in [0.2, 0.25) is 0 Å². The highest BCUT2D eigenvalue weighted by atomic mass is 14.9. The van der Waals surface area contributed by atoms with Gasteiger partial charge in [0, 0.05) is 39.9 Å². The number of nitrogens with zero attached hydrogens (tertiary/aromatic N) is 4. The molecule has 0 aliphatic heterocycles. The van der Waals surface area contributed by atoms with Crippen LogP contribution in [0.3, 0.4) is 0 Å². The maximum Gasteiger partial charge on any atom is 0.159 e. The maximum absolute atomic E-state index is 5.18. The molecule has 0 amide bonds. The van der Waals surface area contributed by atoms with Gasteiger partial charge in [0.1, 0.15) is 0 Å². The fraction of sp³-hybridized carbons (Fsp3) is 0. The second-order valence-corrected chi connectivity index (χ2v) is 11.9. The van der Waals surface area contributed by atoms with Crippen LogP contribution < -0.4 is 0 Å². The van der Waals surface area contributed by atoms with Crippen LogP contribution in [0.5, 0.6) is 0 Å². The Labute approximate surface area is 278 Å². The van der Waals surface area contributed by atoms with Gasteiger partial charge in [-0.15, -0.1) is 0 Å². The van der Waals surface area contributed by atoms with E-state index in [1.165, 1.54) is 10.9 Å². The normalized spacial score (nSPS) is 11.3. The first kappa shape index (κ1) is 27.8. The number of fused-ring (bicyclic) bond motifs is 4. The molecule has 0 N–H and O–H groups in total. The monoisotopic (exact) mass is 612 g/mol. The third-order valence-corrected chi connectivity index (χ3v) is 9.01. The molecule has 9 rings (SSSR count). The first-order valence-corrected chi connectivity index (χ1v) is 16.0. The van der Waals surface area contributed by atoms with Crippen molar-refractivity contribution in [3.8, 4) is 56.2 Å². The molecular weight excluding hydrogens is 585 g/mol. The van der Waals surface area contributed by atoms with Crippen LogP contribution >= 0.6 is 0 Å². The van der Waals surface area contributed by atoms with Gasteiger partial charge in [0.25, 0.3) is 0 Å². The lowest BCUT2D eigenvalue weighted by Crippen LogP contribution is -1.91. The second-order valence-electron chi connectivity index (χ2n) is 11.9. The standard InChI is InChI=1S/C44H28N4/c1-2-8-31(9-3-1)40-24-20-32-18-19-33-21-25-41(48-43(33)42(32)47-40)35-11-6-10-34(28-35)29-14-16-30(17-15-29)36-22-23-39(44-45-26-7-27-46-44)38-13-5-4-12-37(36)38/h1-28H. The molecule has 3 heterocycles. The van der Waals surface area contributed by atoms with Crippen molar-refractivity contribution in [1.82, 2.24) is 19.9 Å². The van der Waals surface area contributed by atoms with Crippen LogP contribution in [-0.2, 0) is 0 Å². The van der Waals surface area contributed by atoms with Gasteiger partial charge in [-0.05, 0) is 63.4 Å². The van der Waals surface area contributed by atoms with Crippen molar-refractivity contribution in [2.75, 3.05) is 0 Å². The highest BCUT2D eigenvalue weighted by Gasteiger charge is 2.12. The first-order chi connectivity index (χ1) is 23.8. The van der Waals surface area contributed by atoms with Crippen LogP contribution in [0.4, 0.5) is 0 Å². The lowest BCUT2D eigenvalue weighted by molar-refractivity contribution is 1.18. The van der Waals surface area contributed by atoms with Crippen LogP contribution in [0, 0.1) is 0 Å². The number of pyridine rings is 2. The quantitative estimate of drug-likeness (QED) is 0.181. The largest absolute Gasteiger partial charge is 0.245 e. The molecule has 4 nitrogen and oxygen atoms in total. The number of hydrogen-bond donors (Lipinski definition) is 0. The summed E-state index contributed by atoms with van der Waals surface area (Å²) < 4.78 is 0. The van der Waals surface area contributed by atoms with Gasteiger partial charge in [-0.2, -0.15) is 0 Å². The molecule has 0 aliphatic carbocycles. The van der Waals surface area contributed by atoms with Crippen molar-refractivity contribution in [3.63, 3.8) is 0 Å². The predicted molar refractivity (Wildman–Crippen MR) is 197 cm³/mol. The summed E-state index contributed by atoms with van der Waals surface area (Å²) in [5.41, 5.74) is 11.5. The van der Waals surface area contributed by atoms with E-state index in [-0.39, 0.29) is 0 Å². The summed E-state index contributed by atoms with van der Waals surface area (Å²) in [5, 5.41) is 4.47. The van der Waals surface area contributed by atoms with Crippen LogP contribution in [0.25, 0.3) is 88.7 Å². The molecule has 48 heavy (non-hydrogen) atoms. The number of benzene rings is 6. The van der Waals surface area contributed by atoms with E-state index in [9.17, 15) is 0 Å². The zero-order valence-electron chi connectivity index (χ0n) is 26.0. The Balaban J connectivity index is 1.07. The van der Waals surface area contributed by atoms with Crippen molar-refractivity contribution >= 4 is 32.6 Å². The molecule has 0 fully saturated rings. The average molecular weight is 613 g/mol. The molecule has 0 bridgehead atoms. The third kappa shape index (κ3) is 4.97. The van der Waals surface area contributed by atoms with Crippen molar-refractivity contribution in [2.45, 2.75) is 0 Å². The summed E-state index contributed by atoms with van der Waals surface area (Å²) in [6.07, 6.45) is 3.57. The number of aromatic nitrogens is 4. The van der Waals surface area contributed by atoms with Crippen LogP contribution in [0.1, 0.15) is 0 Å². The van der Waals surface area contributed by atoms with Gasteiger partial charge in [-0.25, -0.2) is 19.9 Å². The predicted octanol–water partition coefficient (Wildman–Crippen LogP) is 11.1. The minimum Gasteiger partial charge on any atom is -0.245 e. The Hall–Kier alpha value is -6.52. The summed E-state index contributed by atoms with van der Waals surface area (Å²) in [7, 11) is 0. The van der Waals surface area contributed by atoms with Gasteiger partial charge in [0.15, 0.2) is 5.82 Å². The van der Waals surface area contributed by atoms with Crippen molar-refractivity contribution in [1.29, 1.82) is 0 Å². The Bertz CT molecular complexity index is 2600. The van der Waals surface area contributed by atoms with Crippen molar-refractivity contribution < 1.29 is 0 Å². The van der Waals surface area contributed by atoms with E-state index in [4.69, 9.17) is 9.97 Å². The molecule has 9 aromatic rings. The van der Waals surface area contributed by atoms with E-state index >= 15 is 0 Å². The molecule has 0 spiro atoms. The lowest BCUT2D eigenvalue weighted by Gasteiger charge is -2.12. The molecule has 0 saturated carbocycles. The van der Waals surface area contributed by atoms with E-state index in [2.05, 4.69) is 143 Å². The Morgan fingerprint density at radius 1 is 0.333 bits per heavy atom. The number of rotatable bonds is 5. The fourth-order valence-corrected chi connectivity index (χ4v) is 6.58. The molecule has 0 radical (unpaired) electrons. The van der Waals surface area contributed by atoms with Gasteiger partial charge < -0.3 is 0 Å². The van der Waals surface area contributed by atoms with Crippen LogP contribution in [0.2, 0.25) is 0 Å². The molecule has 6 aromatic carbocycles. The fourth-order valence-electron chi connectivity index (χ4n) is 6.58. The topological polar surface area (TPSA) is 51.6 Å². The molecule has 4 heteroatoms. The zero-order valence-corrected chi connectivity index (χ0v) is 26.0. The van der Waals surface area contributed by atoms with Crippen LogP contribution in [-0.4, -0.2) is 19.9 Å². The van der Waals surface area contributed by atoms with E-state index < -0.39 is 0 Å². The van der Waals surface area contributed by atoms with Crippen LogP contribution in [0.15, 0.2) is 170 Å². The maximum atomic E-state index is 5.18. The highest BCUT2D eigenvalue weighted by Crippen LogP contribution is 2.36. The molecule has 0 saturated heterocycles. The highest BCUT2D eigenvalue weighted by molar-refractivity contribution is 6.05. The van der Waals surface area contributed by atoms with E-state index in [0.29, 0.717) is 0 Å². The van der Waals surface area contributed by atoms with E-state index in [1.807, 2.05) is 24.3 Å². The van der Waals surface area contributed by atoms with Crippen molar-refractivity contribution in [2.24, 2.45) is 0 Å². The third-order valence-electron chi connectivity index (χ3n) is 9.01. The summed E-state index contributed by atoms with van der Waals surface area (Å²) >= 11 is 0. The molecule has 224 valence electrons. The Morgan fingerprint density at radius 3 is 1.58 bits per heavy atom. The summed E-state index contributed by atoms with van der Waals surface area (Å²) in [6, 6.07) is 55.1. The smallest absolute Gasteiger partial charge is 0.159 e. The van der Waals surface area contributed by atoms with Gasteiger partial charge >= 0.3 is 0 Å². The molecular formula is C44H28N4. The lowest BCUT2D eigenvalue weighted by atomic mass is 9.93. The molecule has 3 aromatic heterocycles. The molecule has 0 aliphatic rings. The first-order valence-electron chi connectivity index (χ1n) is 16.0. The Morgan fingerprint density at radius 2 is 0.875 bits per heavy atom. The average Bonchev–Trinajstić information content (AvgIpc) is 3.18. The summed E-state index contributed by atoms with van der Waals surface area (Å²) in [6.45, 7) is 0. The number of hydrogen-bond acceptors (Lipinski definition) is 4. The van der Waals surface area contributed by atoms with Gasteiger partial charge in [-0.1, -0.05) is 127 Å².